The Morgan fingerprint density at radius 2 is 1.94 bits per heavy atom. The molecule has 2 aromatic rings. The van der Waals surface area contributed by atoms with Crippen LogP contribution in [-0.4, -0.2) is 11.0 Å². The molecule has 0 saturated heterocycles. The van der Waals surface area contributed by atoms with Gasteiger partial charge >= 0.3 is 0 Å². The number of carbonyl (C=O) groups is 1. The molecule has 1 amide bonds. The maximum Gasteiger partial charge on any atom is 0.259 e. The monoisotopic (exact) mass is 242 g/mol. The Kier molecular flexibility index (Phi) is 3.19. The van der Waals surface area contributed by atoms with Crippen molar-refractivity contribution in [3.8, 4) is 5.75 Å². The Balaban J connectivity index is 2.24. The predicted molar refractivity (Wildman–Crippen MR) is 71.7 cm³/mol. The molecule has 0 atom stereocenters. The third kappa shape index (κ3) is 2.43. The van der Waals surface area contributed by atoms with Crippen LogP contribution in [-0.2, 0) is 0 Å². The molecular formula is C14H14N2O2. The molecule has 2 rings (SSSR count). The first-order valence-corrected chi connectivity index (χ1v) is 5.53. The van der Waals surface area contributed by atoms with Crippen molar-refractivity contribution in [3.63, 3.8) is 0 Å². The van der Waals surface area contributed by atoms with Crippen LogP contribution < -0.4 is 11.1 Å². The van der Waals surface area contributed by atoms with Crippen LogP contribution in [0.5, 0.6) is 5.75 Å². The van der Waals surface area contributed by atoms with Gasteiger partial charge in [-0.15, -0.1) is 0 Å². The van der Waals surface area contributed by atoms with Gasteiger partial charge in [-0.3, -0.25) is 4.79 Å². The third-order valence-electron chi connectivity index (χ3n) is 2.60. The Bertz CT molecular complexity index is 594. The number of amides is 1. The minimum Gasteiger partial charge on any atom is -0.507 e. The fraction of sp³-hybridized carbons (Fsp3) is 0.0714. The fourth-order valence-electron chi connectivity index (χ4n) is 1.65. The van der Waals surface area contributed by atoms with Crippen LogP contribution in [0.3, 0.4) is 0 Å². The number of carbonyl (C=O) groups excluding carboxylic acids is 1. The molecule has 4 N–H and O–H groups in total. The van der Waals surface area contributed by atoms with Crippen molar-refractivity contribution in [2.45, 2.75) is 6.92 Å². The molecular weight excluding hydrogens is 228 g/mol. The summed E-state index contributed by atoms with van der Waals surface area (Å²) >= 11 is 0. The minimum absolute atomic E-state index is 0.0549. The summed E-state index contributed by atoms with van der Waals surface area (Å²) in [5.74, 6) is -0.440. The van der Waals surface area contributed by atoms with Crippen LogP contribution in [0, 0.1) is 6.92 Å². The van der Waals surface area contributed by atoms with E-state index in [9.17, 15) is 9.90 Å². The highest BCUT2D eigenvalue weighted by Gasteiger charge is 2.11. The number of rotatable bonds is 2. The first-order chi connectivity index (χ1) is 8.58. The molecule has 4 nitrogen and oxygen atoms in total. The molecule has 0 spiro atoms. The van der Waals surface area contributed by atoms with E-state index >= 15 is 0 Å². The van der Waals surface area contributed by atoms with E-state index in [0.29, 0.717) is 11.4 Å². The van der Waals surface area contributed by atoms with E-state index in [1.54, 1.807) is 30.3 Å². The second-order valence-electron chi connectivity index (χ2n) is 4.06. The molecule has 0 fully saturated rings. The van der Waals surface area contributed by atoms with Crippen molar-refractivity contribution in [2.75, 3.05) is 11.1 Å². The zero-order chi connectivity index (χ0) is 13.1. The molecule has 0 aliphatic heterocycles. The van der Waals surface area contributed by atoms with Crippen LogP contribution in [0.2, 0.25) is 0 Å². The Morgan fingerprint density at radius 3 is 2.61 bits per heavy atom. The third-order valence-corrected chi connectivity index (χ3v) is 2.60. The van der Waals surface area contributed by atoms with Crippen LogP contribution in [0.15, 0.2) is 42.5 Å². The second kappa shape index (κ2) is 4.79. The summed E-state index contributed by atoms with van der Waals surface area (Å²) < 4.78 is 0. The summed E-state index contributed by atoms with van der Waals surface area (Å²) in [4.78, 5) is 11.9. The molecule has 0 bridgehead atoms. The number of nitrogen functional groups attached to an aromatic ring is 1. The van der Waals surface area contributed by atoms with Crippen LogP contribution in [0.1, 0.15) is 15.9 Å². The molecule has 0 aliphatic carbocycles. The van der Waals surface area contributed by atoms with Gasteiger partial charge in [0.2, 0.25) is 0 Å². The van der Waals surface area contributed by atoms with Crippen molar-refractivity contribution in [1.82, 2.24) is 0 Å². The molecule has 0 unspecified atom stereocenters. The smallest absolute Gasteiger partial charge is 0.259 e. The number of aromatic hydroxyl groups is 1. The molecule has 0 radical (unpaired) electrons. The van der Waals surface area contributed by atoms with E-state index in [1.807, 2.05) is 13.0 Å². The van der Waals surface area contributed by atoms with Crippen molar-refractivity contribution in [1.29, 1.82) is 0 Å². The molecule has 2 aromatic carbocycles. The maximum absolute atomic E-state index is 11.9. The Hall–Kier alpha value is -2.49. The average molecular weight is 242 g/mol. The molecule has 0 heterocycles. The van der Waals surface area contributed by atoms with E-state index in [2.05, 4.69) is 5.32 Å². The van der Waals surface area contributed by atoms with Gasteiger partial charge in [0.25, 0.3) is 5.91 Å². The lowest BCUT2D eigenvalue weighted by molar-refractivity contribution is 0.102. The van der Waals surface area contributed by atoms with Crippen LogP contribution in [0.25, 0.3) is 0 Å². The number of para-hydroxylation sites is 1. The van der Waals surface area contributed by atoms with Gasteiger partial charge in [0.1, 0.15) is 5.75 Å². The summed E-state index contributed by atoms with van der Waals surface area (Å²) in [5, 5.41) is 12.3. The van der Waals surface area contributed by atoms with E-state index in [-0.39, 0.29) is 17.2 Å². The molecule has 0 aliphatic rings. The largest absolute Gasteiger partial charge is 0.507 e. The zero-order valence-corrected chi connectivity index (χ0v) is 9.97. The maximum atomic E-state index is 11.9. The number of aryl methyl sites for hydroxylation is 1. The lowest BCUT2D eigenvalue weighted by atomic mass is 10.1. The highest BCUT2D eigenvalue weighted by Crippen LogP contribution is 2.22. The molecule has 18 heavy (non-hydrogen) atoms. The van der Waals surface area contributed by atoms with Crippen LogP contribution in [0.4, 0.5) is 11.4 Å². The molecule has 92 valence electrons. The summed E-state index contributed by atoms with van der Waals surface area (Å²) in [7, 11) is 0. The van der Waals surface area contributed by atoms with E-state index < -0.39 is 0 Å². The number of nitrogens with two attached hydrogens (primary N) is 1. The van der Waals surface area contributed by atoms with Gasteiger partial charge in [0.05, 0.1) is 16.9 Å². The molecule has 0 saturated carbocycles. The summed E-state index contributed by atoms with van der Waals surface area (Å²) in [6, 6.07) is 11.7. The summed E-state index contributed by atoms with van der Waals surface area (Å²) in [6.45, 7) is 1.92. The lowest BCUT2D eigenvalue weighted by Crippen LogP contribution is -2.13. The van der Waals surface area contributed by atoms with Gasteiger partial charge in [0.15, 0.2) is 0 Å². The van der Waals surface area contributed by atoms with Gasteiger partial charge in [-0.25, -0.2) is 0 Å². The van der Waals surface area contributed by atoms with Gasteiger partial charge < -0.3 is 16.2 Å². The van der Waals surface area contributed by atoms with E-state index in [1.165, 1.54) is 6.07 Å². The van der Waals surface area contributed by atoms with Crippen LogP contribution >= 0.6 is 0 Å². The molecule has 0 aromatic heterocycles. The number of hydrogen-bond acceptors (Lipinski definition) is 3. The number of phenols is 1. The number of benzene rings is 2. The number of hydrogen-bond donors (Lipinski definition) is 3. The van der Waals surface area contributed by atoms with Gasteiger partial charge in [-0.2, -0.15) is 0 Å². The predicted octanol–water partition coefficient (Wildman–Crippen LogP) is 2.54. The van der Waals surface area contributed by atoms with Crippen molar-refractivity contribution >= 4 is 17.3 Å². The SMILES string of the molecule is Cc1ccc(NC(=O)c2ccccc2O)c(N)c1. The first-order valence-electron chi connectivity index (χ1n) is 5.53. The van der Waals surface area contributed by atoms with Gasteiger partial charge in [-0.1, -0.05) is 18.2 Å². The van der Waals surface area contributed by atoms with Gasteiger partial charge in [-0.05, 0) is 36.8 Å². The normalized spacial score (nSPS) is 10.1. The minimum atomic E-state index is -0.386. The second-order valence-corrected chi connectivity index (χ2v) is 4.06. The van der Waals surface area contributed by atoms with E-state index in [4.69, 9.17) is 5.73 Å². The Labute approximate surface area is 105 Å². The summed E-state index contributed by atoms with van der Waals surface area (Å²) in [5.41, 5.74) is 8.08. The number of nitrogens with one attached hydrogen (secondary N) is 1. The zero-order valence-electron chi connectivity index (χ0n) is 9.97. The first kappa shape index (κ1) is 12.0. The van der Waals surface area contributed by atoms with E-state index in [0.717, 1.165) is 5.56 Å². The van der Waals surface area contributed by atoms with Crippen molar-refractivity contribution in [2.24, 2.45) is 0 Å². The highest BCUT2D eigenvalue weighted by molar-refractivity contribution is 6.07. The Morgan fingerprint density at radius 1 is 1.22 bits per heavy atom. The quantitative estimate of drug-likeness (QED) is 0.708. The lowest BCUT2D eigenvalue weighted by Gasteiger charge is -2.09. The molecule has 4 heteroatoms. The number of phenolic OH excluding ortho intramolecular Hbond substituents is 1. The average Bonchev–Trinajstić information content (AvgIpc) is 2.33. The summed E-state index contributed by atoms with van der Waals surface area (Å²) in [6.07, 6.45) is 0. The topological polar surface area (TPSA) is 75.3 Å². The standard InChI is InChI=1S/C14H14N2O2/c1-9-6-7-12(11(15)8-9)16-14(18)10-4-2-3-5-13(10)17/h2-8,17H,15H2,1H3,(H,16,18). The van der Waals surface area contributed by atoms with Gasteiger partial charge in [0, 0.05) is 0 Å². The van der Waals surface area contributed by atoms with Crippen molar-refractivity contribution in [3.05, 3.63) is 53.6 Å². The fourth-order valence-corrected chi connectivity index (χ4v) is 1.65. The number of anilines is 2. The highest BCUT2D eigenvalue weighted by atomic mass is 16.3. The van der Waals surface area contributed by atoms with Crippen molar-refractivity contribution < 1.29 is 9.90 Å².